The molecule has 1 aromatic carbocycles. The third-order valence-corrected chi connectivity index (χ3v) is 4.45. The largest absolute Gasteiger partial charge is 0.480 e. The Bertz CT molecular complexity index is 423. The molecule has 0 radical (unpaired) electrons. The lowest BCUT2D eigenvalue weighted by Crippen LogP contribution is -2.44. The first-order chi connectivity index (χ1) is 7.98. The van der Waals surface area contributed by atoms with Crippen LogP contribution in [-0.2, 0) is 11.2 Å². The van der Waals surface area contributed by atoms with E-state index in [0.29, 0.717) is 10.8 Å². The number of halogens is 1. The molecule has 1 fully saturated rings. The summed E-state index contributed by atoms with van der Waals surface area (Å²) in [6.45, 7) is 2.04. The summed E-state index contributed by atoms with van der Waals surface area (Å²) in [7, 11) is 0. The molecule has 2 N–H and O–H groups in total. The number of hydrogen-bond acceptors (Lipinski definition) is 3. The molecular formula is C12H14ClNO2S. The highest BCUT2D eigenvalue weighted by atomic mass is 35.5. The first-order valence-corrected chi connectivity index (χ1v) is 6.74. The number of hydrogen-bond donors (Lipinski definition) is 2. The number of benzene rings is 1. The molecule has 1 aromatic rings. The standard InChI is InChI=1S/C12H14ClNO2S/c1-12(14-10(7-17-12)11(15)16)6-8-2-4-9(13)5-3-8/h2-5,10,14H,6-7H2,1H3,(H,15,16). The van der Waals surface area contributed by atoms with Crippen LogP contribution in [0.4, 0.5) is 0 Å². The van der Waals surface area contributed by atoms with Crippen molar-refractivity contribution < 1.29 is 9.90 Å². The van der Waals surface area contributed by atoms with Crippen molar-refractivity contribution in [2.45, 2.75) is 24.3 Å². The van der Waals surface area contributed by atoms with Gasteiger partial charge in [0.05, 0.1) is 4.87 Å². The molecule has 2 rings (SSSR count). The van der Waals surface area contributed by atoms with E-state index in [-0.39, 0.29) is 4.87 Å². The Kier molecular flexibility index (Phi) is 3.66. The molecule has 0 aliphatic carbocycles. The SMILES string of the molecule is CC1(Cc2ccc(Cl)cc2)NC(C(=O)O)CS1. The van der Waals surface area contributed by atoms with Crippen LogP contribution >= 0.6 is 23.4 Å². The summed E-state index contributed by atoms with van der Waals surface area (Å²) in [5, 5.41) is 12.8. The lowest BCUT2D eigenvalue weighted by atomic mass is 10.1. The second-order valence-electron chi connectivity index (χ2n) is 4.38. The predicted molar refractivity (Wildman–Crippen MR) is 70.6 cm³/mol. The van der Waals surface area contributed by atoms with Gasteiger partial charge >= 0.3 is 5.97 Å². The van der Waals surface area contributed by atoms with Crippen LogP contribution < -0.4 is 5.32 Å². The third-order valence-electron chi connectivity index (χ3n) is 2.80. The summed E-state index contributed by atoms with van der Waals surface area (Å²) in [5.74, 6) is -0.170. The minimum atomic E-state index is -0.780. The van der Waals surface area contributed by atoms with Gasteiger partial charge in [-0.25, -0.2) is 0 Å². The van der Waals surface area contributed by atoms with E-state index in [1.807, 2.05) is 31.2 Å². The van der Waals surface area contributed by atoms with Crippen LogP contribution in [0.3, 0.4) is 0 Å². The summed E-state index contributed by atoms with van der Waals surface area (Å²) < 4.78 is 0. The molecule has 0 bridgehead atoms. The fraction of sp³-hybridized carbons (Fsp3) is 0.417. The minimum absolute atomic E-state index is 0.211. The number of carboxylic acids is 1. The molecule has 1 heterocycles. The number of nitrogens with one attached hydrogen (secondary N) is 1. The molecular weight excluding hydrogens is 258 g/mol. The maximum absolute atomic E-state index is 10.9. The van der Waals surface area contributed by atoms with Crippen LogP contribution in [0.2, 0.25) is 5.02 Å². The van der Waals surface area contributed by atoms with E-state index in [1.54, 1.807) is 11.8 Å². The molecule has 1 saturated heterocycles. The molecule has 3 nitrogen and oxygen atoms in total. The van der Waals surface area contributed by atoms with E-state index in [1.165, 1.54) is 0 Å². The number of rotatable bonds is 3. The van der Waals surface area contributed by atoms with Gasteiger partial charge in [0.1, 0.15) is 6.04 Å². The zero-order valence-electron chi connectivity index (χ0n) is 9.44. The summed E-state index contributed by atoms with van der Waals surface area (Å²) in [6.07, 6.45) is 0.790. The van der Waals surface area contributed by atoms with Gasteiger partial charge in [-0.2, -0.15) is 0 Å². The van der Waals surface area contributed by atoms with Gasteiger partial charge in [-0.15, -0.1) is 11.8 Å². The molecule has 0 saturated carbocycles. The molecule has 17 heavy (non-hydrogen) atoms. The van der Waals surface area contributed by atoms with Crippen LogP contribution in [0.25, 0.3) is 0 Å². The van der Waals surface area contributed by atoms with Gasteiger partial charge in [0.25, 0.3) is 0 Å². The summed E-state index contributed by atoms with van der Waals surface area (Å²) in [5.41, 5.74) is 1.16. The van der Waals surface area contributed by atoms with Crippen molar-refractivity contribution in [1.82, 2.24) is 5.32 Å². The van der Waals surface area contributed by atoms with Crippen molar-refractivity contribution in [3.05, 3.63) is 34.9 Å². The molecule has 1 aliphatic heterocycles. The predicted octanol–water partition coefficient (Wildman–Crippen LogP) is 2.39. The molecule has 2 atom stereocenters. The van der Waals surface area contributed by atoms with Crippen LogP contribution in [0.1, 0.15) is 12.5 Å². The maximum atomic E-state index is 10.9. The maximum Gasteiger partial charge on any atom is 0.321 e. The monoisotopic (exact) mass is 271 g/mol. The molecule has 0 amide bonds. The van der Waals surface area contributed by atoms with Crippen LogP contribution in [0, 0.1) is 0 Å². The molecule has 2 unspecified atom stereocenters. The number of aliphatic carboxylic acids is 1. The Labute approximate surface area is 110 Å². The second kappa shape index (κ2) is 4.88. The average molecular weight is 272 g/mol. The highest BCUT2D eigenvalue weighted by Gasteiger charge is 2.38. The second-order valence-corrected chi connectivity index (χ2v) is 6.34. The fourth-order valence-electron chi connectivity index (χ4n) is 1.95. The van der Waals surface area contributed by atoms with Crippen molar-refractivity contribution in [3.63, 3.8) is 0 Å². The van der Waals surface area contributed by atoms with Crippen molar-refractivity contribution in [1.29, 1.82) is 0 Å². The molecule has 5 heteroatoms. The Morgan fingerprint density at radius 1 is 1.59 bits per heavy atom. The van der Waals surface area contributed by atoms with E-state index < -0.39 is 12.0 Å². The average Bonchev–Trinajstić information content (AvgIpc) is 2.65. The highest BCUT2D eigenvalue weighted by Crippen LogP contribution is 2.33. The van der Waals surface area contributed by atoms with Crippen molar-refractivity contribution in [2.24, 2.45) is 0 Å². The molecule has 0 aromatic heterocycles. The summed E-state index contributed by atoms with van der Waals surface area (Å²) in [6, 6.07) is 7.22. The quantitative estimate of drug-likeness (QED) is 0.886. The third kappa shape index (κ3) is 3.15. The highest BCUT2D eigenvalue weighted by molar-refractivity contribution is 8.00. The summed E-state index contributed by atoms with van der Waals surface area (Å²) in [4.78, 5) is 10.7. The van der Waals surface area contributed by atoms with E-state index >= 15 is 0 Å². The summed E-state index contributed by atoms with van der Waals surface area (Å²) >= 11 is 7.48. The molecule has 0 spiro atoms. The first kappa shape index (κ1) is 12.7. The van der Waals surface area contributed by atoms with E-state index in [2.05, 4.69) is 5.32 Å². The Morgan fingerprint density at radius 2 is 2.24 bits per heavy atom. The van der Waals surface area contributed by atoms with Crippen molar-refractivity contribution in [2.75, 3.05) is 5.75 Å². The Balaban J connectivity index is 2.04. The topological polar surface area (TPSA) is 49.3 Å². The van der Waals surface area contributed by atoms with Crippen molar-refractivity contribution in [3.8, 4) is 0 Å². The van der Waals surface area contributed by atoms with E-state index in [0.717, 1.165) is 12.0 Å². The van der Waals surface area contributed by atoms with Gasteiger partial charge < -0.3 is 5.11 Å². The van der Waals surface area contributed by atoms with E-state index in [4.69, 9.17) is 16.7 Å². The normalized spacial score (nSPS) is 28.2. The first-order valence-electron chi connectivity index (χ1n) is 5.37. The van der Waals surface area contributed by atoms with Crippen LogP contribution in [0.15, 0.2) is 24.3 Å². The minimum Gasteiger partial charge on any atom is -0.480 e. The van der Waals surface area contributed by atoms with Gasteiger partial charge in [0.2, 0.25) is 0 Å². The van der Waals surface area contributed by atoms with E-state index in [9.17, 15) is 4.79 Å². The van der Waals surface area contributed by atoms with Gasteiger partial charge in [-0.05, 0) is 31.0 Å². The van der Waals surface area contributed by atoms with Crippen LogP contribution in [-0.4, -0.2) is 27.7 Å². The Hall–Kier alpha value is -0.710. The smallest absolute Gasteiger partial charge is 0.321 e. The molecule has 1 aliphatic rings. The number of carboxylic acid groups (broad SMARTS) is 1. The van der Waals surface area contributed by atoms with Gasteiger partial charge in [0, 0.05) is 10.8 Å². The zero-order chi connectivity index (χ0) is 12.5. The Morgan fingerprint density at radius 3 is 2.76 bits per heavy atom. The van der Waals surface area contributed by atoms with Gasteiger partial charge in [-0.1, -0.05) is 23.7 Å². The lowest BCUT2D eigenvalue weighted by Gasteiger charge is -2.24. The van der Waals surface area contributed by atoms with Crippen molar-refractivity contribution >= 4 is 29.3 Å². The lowest BCUT2D eigenvalue weighted by molar-refractivity contribution is -0.138. The van der Waals surface area contributed by atoms with Gasteiger partial charge in [0.15, 0.2) is 0 Å². The number of thioether (sulfide) groups is 1. The molecule has 92 valence electrons. The number of carbonyl (C=O) groups is 1. The van der Waals surface area contributed by atoms with Gasteiger partial charge in [-0.3, -0.25) is 10.1 Å². The van der Waals surface area contributed by atoms with Crippen LogP contribution in [0.5, 0.6) is 0 Å². The fourth-order valence-corrected chi connectivity index (χ4v) is 3.33. The zero-order valence-corrected chi connectivity index (χ0v) is 11.0.